The zero-order valence-corrected chi connectivity index (χ0v) is 49.1. The standard InChI is InChI=1S/C59H73N3O25/c1-9-39-45(85-57(68)72-6)47(86-58(69)73-7)42(62-55(66)77-31-36-24-18-13-19-25-36)51(79-39)82-46-40(10-2)80-52(49(46)87-59(70)74-8)83-48-43(33(4)27-38(44(48)84-56(67)71-5)60-53(64)75-29-34-20-14-11-15-21-34)81-50-41(32(3)26-37(28-63)78-50)61-54(65)76-30-35-22-16-12-17-23-35/h11-26,28,32-33,38-52H,9-10,27,29-31H2,1-8H3,(H,60,64)(H,61,65)(H,62,66)/t32-,33-,38+,39?,40+,41+,42+,43+,44-,45+,46+,47+,48-,49+,50+,51+,52-/m0/s1. The Kier molecular flexibility index (Phi) is 24.6. The van der Waals surface area contributed by atoms with Crippen molar-refractivity contribution in [2.45, 2.75) is 159 Å². The Balaban J connectivity index is 1.27. The molecule has 3 fully saturated rings. The molecular formula is C59H73N3O25. The molecule has 2 saturated heterocycles. The highest BCUT2D eigenvalue weighted by molar-refractivity contribution is 5.72. The van der Waals surface area contributed by atoms with E-state index in [-0.39, 0.29) is 44.8 Å². The van der Waals surface area contributed by atoms with Crippen molar-refractivity contribution < 1.29 is 119 Å². The van der Waals surface area contributed by atoms with Crippen LogP contribution in [0.15, 0.2) is 103 Å². The molecule has 0 bridgehead atoms. The Hall–Kier alpha value is -8.44. The first kappa shape index (κ1) is 66.1. The number of allylic oxidation sites excluding steroid dienone is 1. The monoisotopic (exact) mass is 1220 g/mol. The number of aldehydes is 1. The molecule has 87 heavy (non-hydrogen) atoms. The van der Waals surface area contributed by atoms with E-state index in [1.54, 1.807) is 113 Å². The number of amides is 3. The molecule has 3 aliphatic heterocycles. The van der Waals surface area contributed by atoms with Crippen LogP contribution in [-0.2, 0) is 105 Å². The van der Waals surface area contributed by atoms with E-state index in [0.29, 0.717) is 23.0 Å². The Labute approximate surface area is 501 Å². The summed E-state index contributed by atoms with van der Waals surface area (Å²) in [5.74, 6) is -1.56. The number of ether oxygens (including phenoxy) is 17. The Morgan fingerprint density at radius 1 is 0.483 bits per heavy atom. The van der Waals surface area contributed by atoms with Crippen LogP contribution in [0.25, 0.3) is 0 Å². The number of benzene rings is 3. The van der Waals surface area contributed by atoms with E-state index in [1.165, 1.54) is 6.08 Å². The highest BCUT2D eigenvalue weighted by atomic mass is 16.8. The highest BCUT2D eigenvalue weighted by Crippen LogP contribution is 2.41. The van der Waals surface area contributed by atoms with E-state index < -0.39 is 147 Å². The Morgan fingerprint density at radius 3 is 1.38 bits per heavy atom. The average Bonchev–Trinajstić information content (AvgIpc) is 2.50. The summed E-state index contributed by atoms with van der Waals surface area (Å²) in [4.78, 5) is 106. The number of hydrogen-bond acceptors (Lipinski definition) is 25. The summed E-state index contributed by atoms with van der Waals surface area (Å²) in [5, 5.41) is 8.19. The van der Waals surface area contributed by atoms with Gasteiger partial charge in [0.25, 0.3) is 0 Å². The fourth-order valence-corrected chi connectivity index (χ4v) is 10.3. The Morgan fingerprint density at radius 2 is 0.897 bits per heavy atom. The summed E-state index contributed by atoms with van der Waals surface area (Å²) in [6, 6.07) is 22.5. The van der Waals surface area contributed by atoms with Gasteiger partial charge in [-0.3, -0.25) is 4.79 Å². The van der Waals surface area contributed by atoms with E-state index in [9.17, 15) is 38.4 Å². The first-order chi connectivity index (χ1) is 42.0. The summed E-state index contributed by atoms with van der Waals surface area (Å²) in [5.41, 5.74) is 1.96. The zero-order valence-electron chi connectivity index (χ0n) is 49.1. The van der Waals surface area contributed by atoms with Crippen LogP contribution in [0.4, 0.5) is 33.6 Å². The van der Waals surface area contributed by atoms with E-state index >= 15 is 0 Å². The van der Waals surface area contributed by atoms with Gasteiger partial charge < -0.3 is 96.5 Å². The van der Waals surface area contributed by atoms with Crippen LogP contribution in [0.3, 0.4) is 0 Å². The maximum Gasteiger partial charge on any atom is 0.508 e. The third-order valence-corrected chi connectivity index (χ3v) is 14.6. The van der Waals surface area contributed by atoms with Crippen molar-refractivity contribution >= 4 is 49.2 Å². The van der Waals surface area contributed by atoms with Gasteiger partial charge in [-0.05, 0) is 47.9 Å². The molecule has 474 valence electrons. The molecule has 28 heteroatoms. The molecule has 1 saturated carbocycles. The summed E-state index contributed by atoms with van der Waals surface area (Å²) in [6.07, 6.45) is -24.2. The topological polar surface area (TPSA) is 330 Å². The van der Waals surface area contributed by atoms with Crippen molar-refractivity contribution in [1.29, 1.82) is 0 Å². The van der Waals surface area contributed by atoms with Crippen LogP contribution in [0.2, 0.25) is 0 Å². The van der Waals surface area contributed by atoms with Crippen LogP contribution in [-0.4, -0.2) is 170 Å². The minimum atomic E-state index is -1.78. The number of carbonyl (C=O) groups is 8. The van der Waals surface area contributed by atoms with Gasteiger partial charge in [0, 0.05) is 5.92 Å². The van der Waals surface area contributed by atoms with Crippen molar-refractivity contribution in [2.75, 3.05) is 28.4 Å². The number of carbonyl (C=O) groups excluding carboxylic acids is 8. The lowest BCUT2D eigenvalue weighted by molar-refractivity contribution is -0.290. The molecule has 0 radical (unpaired) electrons. The van der Waals surface area contributed by atoms with Crippen molar-refractivity contribution in [3.63, 3.8) is 0 Å². The lowest BCUT2D eigenvalue weighted by Crippen LogP contribution is -2.67. The average molecular weight is 1220 g/mol. The molecule has 0 aromatic heterocycles. The van der Waals surface area contributed by atoms with Crippen molar-refractivity contribution in [1.82, 2.24) is 16.0 Å². The summed E-state index contributed by atoms with van der Waals surface area (Å²) in [6.45, 7) is 6.26. The van der Waals surface area contributed by atoms with Crippen LogP contribution in [0.1, 0.15) is 63.6 Å². The molecule has 7 rings (SSSR count). The fourth-order valence-electron chi connectivity index (χ4n) is 10.3. The van der Waals surface area contributed by atoms with Crippen molar-refractivity contribution in [3.05, 3.63) is 120 Å². The van der Waals surface area contributed by atoms with Crippen molar-refractivity contribution in [3.8, 4) is 0 Å². The second kappa shape index (κ2) is 32.3. The molecule has 3 heterocycles. The van der Waals surface area contributed by atoms with Gasteiger partial charge in [0.05, 0.1) is 46.7 Å². The fraction of sp³-hybridized carbons (Fsp3) is 0.525. The summed E-state index contributed by atoms with van der Waals surface area (Å²) >= 11 is 0. The minimum absolute atomic E-state index is 0.0330. The Bertz CT molecular complexity index is 2780. The number of alkyl carbamates (subject to hydrolysis) is 3. The van der Waals surface area contributed by atoms with E-state index in [0.717, 1.165) is 28.4 Å². The molecular weight excluding hydrogens is 1150 g/mol. The smallest absolute Gasteiger partial charge is 0.460 e. The molecule has 4 aliphatic rings. The molecule has 17 atom stereocenters. The van der Waals surface area contributed by atoms with Gasteiger partial charge in [0.1, 0.15) is 50.2 Å². The zero-order chi connectivity index (χ0) is 62.6. The van der Waals surface area contributed by atoms with Gasteiger partial charge in [0.15, 0.2) is 49.0 Å². The van der Waals surface area contributed by atoms with Crippen LogP contribution in [0.5, 0.6) is 0 Å². The number of hydrogen-bond donors (Lipinski definition) is 3. The molecule has 1 unspecified atom stereocenters. The lowest BCUT2D eigenvalue weighted by atomic mass is 9.79. The molecule has 0 spiro atoms. The van der Waals surface area contributed by atoms with Gasteiger partial charge in [-0.15, -0.1) is 0 Å². The largest absolute Gasteiger partial charge is 0.508 e. The normalized spacial score (nSPS) is 29.1. The molecule has 3 N–H and O–H groups in total. The molecule has 3 aromatic rings. The first-order valence-electron chi connectivity index (χ1n) is 28.0. The van der Waals surface area contributed by atoms with Gasteiger partial charge in [-0.1, -0.05) is 119 Å². The maximum atomic E-state index is 13.9. The van der Waals surface area contributed by atoms with Gasteiger partial charge in [-0.2, -0.15) is 0 Å². The predicted octanol–water partition coefficient (Wildman–Crippen LogP) is 7.02. The van der Waals surface area contributed by atoms with Crippen LogP contribution in [0, 0.1) is 11.8 Å². The second-order valence-corrected chi connectivity index (χ2v) is 20.4. The van der Waals surface area contributed by atoms with Gasteiger partial charge >= 0.3 is 42.9 Å². The van der Waals surface area contributed by atoms with Crippen LogP contribution < -0.4 is 16.0 Å². The number of rotatable bonds is 22. The third kappa shape index (κ3) is 18.1. The summed E-state index contributed by atoms with van der Waals surface area (Å²) < 4.78 is 99.3. The van der Waals surface area contributed by atoms with E-state index in [1.807, 2.05) is 6.07 Å². The van der Waals surface area contributed by atoms with Crippen molar-refractivity contribution in [2.24, 2.45) is 11.8 Å². The number of methoxy groups -OCH3 is 4. The first-order valence-corrected chi connectivity index (χ1v) is 28.0. The number of nitrogens with one attached hydrogen (secondary N) is 3. The predicted molar refractivity (Wildman–Crippen MR) is 294 cm³/mol. The third-order valence-electron chi connectivity index (χ3n) is 14.6. The van der Waals surface area contributed by atoms with Crippen LogP contribution >= 0.6 is 0 Å². The quantitative estimate of drug-likeness (QED) is 0.0517. The highest BCUT2D eigenvalue weighted by Gasteiger charge is 2.59. The SMILES string of the molecule is CCC1O[C@H](O[C@H]2[C@@H](OC(=O)OC)[C@H](O[C@@H]3[C@@H](OC(=O)OC)[C@H](NC(=O)OCc4ccccc4)C[C@H](C)[C@H]3O[C@H]3OC(C=O)=C[C@H](C)[C@H]3NC(=O)OCc3ccccc3)O[C@@H]2CC)[C@H](NC(=O)OCc2ccccc2)[C@@H](OC(=O)OC)[C@@H]1OC(=O)OC. The van der Waals surface area contributed by atoms with E-state index in [2.05, 4.69) is 16.0 Å². The van der Waals surface area contributed by atoms with Gasteiger partial charge in [-0.25, -0.2) is 33.6 Å². The second-order valence-electron chi connectivity index (χ2n) is 20.4. The molecule has 1 aliphatic carbocycles. The molecule has 3 aromatic carbocycles. The molecule has 3 amide bonds. The van der Waals surface area contributed by atoms with E-state index in [4.69, 9.17) is 80.5 Å². The van der Waals surface area contributed by atoms with Gasteiger partial charge in [0.2, 0.25) is 6.29 Å². The minimum Gasteiger partial charge on any atom is -0.460 e. The molecule has 28 nitrogen and oxygen atoms in total. The lowest BCUT2D eigenvalue weighted by Gasteiger charge is -2.47. The maximum absolute atomic E-state index is 13.9. The summed E-state index contributed by atoms with van der Waals surface area (Å²) in [7, 11) is 4.15.